The van der Waals surface area contributed by atoms with Crippen molar-refractivity contribution in [3.63, 3.8) is 0 Å². The van der Waals surface area contributed by atoms with Crippen LogP contribution in [0.4, 0.5) is 11.4 Å². The van der Waals surface area contributed by atoms with Crippen LogP contribution in [0, 0.1) is 4.91 Å². The van der Waals surface area contributed by atoms with Gasteiger partial charge in [-0.25, -0.2) is 0 Å². The highest BCUT2D eigenvalue weighted by molar-refractivity contribution is 5.49. The highest BCUT2D eigenvalue weighted by Crippen LogP contribution is 2.14. The normalized spacial score (nSPS) is 8.90. The molecule has 0 bridgehead atoms. The van der Waals surface area contributed by atoms with E-state index < -0.39 is 0 Å². The molecule has 0 aromatic heterocycles. The van der Waals surface area contributed by atoms with Gasteiger partial charge in [-0.3, -0.25) is 5.84 Å². The lowest BCUT2D eigenvalue weighted by atomic mass is 10.3. The number of anilines is 1. The number of benzene rings is 1. The number of nitrogen functional groups attached to an aromatic ring is 1. The predicted molar refractivity (Wildman–Crippen MR) is 39.7 cm³/mol. The maximum atomic E-state index is 9.90. The van der Waals surface area contributed by atoms with E-state index in [0.717, 1.165) is 5.69 Å². The van der Waals surface area contributed by atoms with Crippen molar-refractivity contribution in [1.29, 1.82) is 0 Å². The Balaban J connectivity index is 2.90. The van der Waals surface area contributed by atoms with Gasteiger partial charge < -0.3 is 5.43 Å². The largest absolute Gasteiger partial charge is 0.324 e. The number of nitrogens with zero attached hydrogens (tertiary/aromatic N) is 1. The second kappa shape index (κ2) is 2.93. The molecule has 0 aliphatic carbocycles. The molecule has 1 aromatic carbocycles. The van der Waals surface area contributed by atoms with Crippen LogP contribution < -0.4 is 11.3 Å². The summed E-state index contributed by atoms with van der Waals surface area (Å²) >= 11 is 0. The summed E-state index contributed by atoms with van der Waals surface area (Å²) in [4.78, 5) is 9.90. The van der Waals surface area contributed by atoms with Gasteiger partial charge in [0.05, 0.1) is 0 Å². The summed E-state index contributed by atoms with van der Waals surface area (Å²) in [6, 6.07) is 6.53. The Labute approximate surface area is 58.0 Å². The van der Waals surface area contributed by atoms with Crippen LogP contribution in [0.25, 0.3) is 0 Å². The first kappa shape index (κ1) is 6.70. The number of nitrogens with one attached hydrogen (secondary N) is 1. The van der Waals surface area contributed by atoms with E-state index in [1.165, 1.54) is 0 Å². The first-order valence-electron chi connectivity index (χ1n) is 2.77. The van der Waals surface area contributed by atoms with Crippen molar-refractivity contribution in [3.05, 3.63) is 29.2 Å². The minimum Gasteiger partial charge on any atom is -0.324 e. The van der Waals surface area contributed by atoms with Crippen molar-refractivity contribution in [1.82, 2.24) is 0 Å². The molecule has 0 fully saturated rings. The van der Waals surface area contributed by atoms with Crippen LogP contribution in [-0.2, 0) is 0 Å². The molecule has 4 heteroatoms. The van der Waals surface area contributed by atoms with E-state index >= 15 is 0 Å². The third kappa shape index (κ3) is 1.29. The summed E-state index contributed by atoms with van der Waals surface area (Å²) in [7, 11) is 0. The lowest BCUT2D eigenvalue weighted by Gasteiger charge is -1.96. The predicted octanol–water partition coefficient (Wildman–Crippen LogP) is 1.37. The van der Waals surface area contributed by atoms with Gasteiger partial charge in [-0.2, -0.15) is 0 Å². The number of rotatable bonds is 2. The fraction of sp³-hybridized carbons (Fsp3) is 0. The van der Waals surface area contributed by atoms with E-state index in [2.05, 4.69) is 10.6 Å². The molecule has 0 unspecified atom stereocenters. The summed E-state index contributed by atoms with van der Waals surface area (Å²) in [6.07, 6.45) is 0. The topological polar surface area (TPSA) is 67.5 Å². The van der Waals surface area contributed by atoms with Crippen molar-refractivity contribution < 1.29 is 0 Å². The fourth-order valence-corrected chi connectivity index (χ4v) is 0.619. The lowest BCUT2D eigenvalue weighted by Crippen LogP contribution is -2.05. The summed E-state index contributed by atoms with van der Waals surface area (Å²) in [5, 5.41) is 2.73. The molecular formula is C6H7N3O. The number of nitroso groups, excluding NO2 is 1. The van der Waals surface area contributed by atoms with Crippen molar-refractivity contribution in [2.45, 2.75) is 0 Å². The first-order valence-corrected chi connectivity index (χ1v) is 2.77. The van der Waals surface area contributed by atoms with Gasteiger partial charge in [0.1, 0.15) is 5.69 Å². The summed E-state index contributed by atoms with van der Waals surface area (Å²) in [5.74, 6) is 5.08. The molecule has 4 nitrogen and oxygen atoms in total. The van der Waals surface area contributed by atoms with E-state index in [9.17, 15) is 4.91 Å². The van der Waals surface area contributed by atoms with E-state index in [1.54, 1.807) is 24.3 Å². The molecule has 0 saturated heterocycles. The zero-order valence-corrected chi connectivity index (χ0v) is 5.24. The average molecular weight is 137 g/mol. The lowest BCUT2D eigenvalue weighted by molar-refractivity contribution is 1.35. The van der Waals surface area contributed by atoms with Crippen LogP contribution in [0.2, 0.25) is 0 Å². The molecule has 0 aliphatic rings. The van der Waals surface area contributed by atoms with Gasteiger partial charge in [-0.15, -0.1) is 4.91 Å². The van der Waals surface area contributed by atoms with E-state index in [1.807, 2.05) is 0 Å². The third-order valence-electron chi connectivity index (χ3n) is 1.14. The van der Waals surface area contributed by atoms with Gasteiger partial charge in [0.25, 0.3) is 0 Å². The molecule has 0 aliphatic heterocycles. The molecule has 52 valence electrons. The van der Waals surface area contributed by atoms with Gasteiger partial charge >= 0.3 is 0 Å². The van der Waals surface area contributed by atoms with Crippen LogP contribution >= 0.6 is 0 Å². The molecule has 0 radical (unpaired) electrons. The molecule has 1 rings (SSSR count). The number of nitrogens with two attached hydrogens (primary N) is 1. The molecular weight excluding hydrogens is 130 g/mol. The van der Waals surface area contributed by atoms with Crippen LogP contribution in [0.3, 0.4) is 0 Å². The van der Waals surface area contributed by atoms with Crippen molar-refractivity contribution >= 4 is 11.4 Å². The molecule has 0 atom stereocenters. The Hall–Kier alpha value is -1.42. The Kier molecular flexibility index (Phi) is 1.96. The highest BCUT2D eigenvalue weighted by atomic mass is 16.3. The minimum absolute atomic E-state index is 0.402. The molecule has 0 spiro atoms. The maximum Gasteiger partial charge on any atom is 0.108 e. The average Bonchev–Trinajstić information content (AvgIpc) is 2.05. The Bertz CT molecular complexity index is 219. The molecule has 0 saturated carbocycles. The Morgan fingerprint density at radius 1 is 1.30 bits per heavy atom. The van der Waals surface area contributed by atoms with Gasteiger partial charge in [0, 0.05) is 5.69 Å². The van der Waals surface area contributed by atoms with Crippen molar-refractivity contribution in [2.24, 2.45) is 11.0 Å². The maximum absolute atomic E-state index is 9.90. The SMILES string of the molecule is NNc1ccc(N=O)cc1. The number of hydrazine groups is 1. The van der Waals surface area contributed by atoms with Gasteiger partial charge in [-0.05, 0) is 29.4 Å². The molecule has 1 aromatic rings. The molecule has 10 heavy (non-hydrogen) atoms. The minimum atomic E-state index is 0.402. The molecule has 3 N–H and O–H groups in total. The van der Waals surface area contributed by atoms with Gasteiger partial charge in [0.15, 0.2) is 0 Å². The first-order chi connectivity index (χ1) is 4.86. The third-order valence-corrected chi connectivity index (χ3v) is 1.14. The smallest absolute Gasteiger partial charge is 0.108 e. The van der Waals surface area contributed by atoms with E-state index in [0.29, 0.717) is 5.69 Å². The van der Waals surface area contributed by atoms with E-state index in [-0.39, 0.29) is 0 Å². The summed E-state index contributed by atoms with van der Waals surface area (Å²) in [6.45, 7) is 0. The number of hydrogen-bond donors (Lipinski definition) is 2. The molecule has 0 amide bonds. The Morgan fingerprint density at radius 2 is 1.90 bits per heavy atom. The van der Waals surface area contributed by atoms with Crippen LogP contribution in [-0.4, -0.2) is 0 Å². The monoisotopic (exact) mass is 137 g/mol. The zero-order chi connectivity index (χ0) is 7.40. The standard InChI is InChI=1S/C6H7N3O/c7-8-5-1-3-6(9-10)4-2-5/h1-4,8H,7H2. The van der Waals surface area contributed by atoms with Gasteiger partial charge in [0.2, 0.25) is 0 Å². The van der Waals surface area contributed by atoms with Crippen LogP contribution in [0.1, 0.15) is 0 Å². The van der Waals surface area contributed by atoms with Crippen molar-refractivity contribution in [2.75, 3.05) is 5.43 Å². The Morgan fingerprint density at radius 3 is 2.30 bits per heavy atom. The van der Waals surface area contributed by atoms with E-state index in [4.69, 9.17) is 5.84 Å². The van der Waals surface area contributed by atoms with Crippen LogP contribution in [0.15, 0.2) is 29.4 Å². The van der Waals surface area contributed by atoms with Crippen molar-refractivity contribution in [3.8, 4) is 0 Å². The number of hydrogen-bond acceptors (Lipinski definition) is 4. The second-order valence-corrected chi connectivity index (χ2v) is 1.78. The van der Waals surface area contributed by atoms with Crippen LogP contribution in [0.5, 0.6) is 0 Å². The zero-order valence-electron chi connectivity index (χ0n) is 5.24. The summed E-state index contributed by atoms with van der Waals surface area (Å²) < 4.78 is 0. The fourth-order valence-electron chi connectivity index (χ4n) is 0.619. The summed E-state index contributed by atoms with van der Waals surface area (Å²) in [5.41, 5.74) is 3.59. The quantitative estimate of drug-likeness (QED) is 0.367. The molecule has 0 heterocycles. The highest BCUT2D eigenvalue weighted by Gasteiger charge is 1.89. The van der Waals surface area contributed by atoms with Gasteiger partial charge in [-0.1, -0.05) is 0 Å². The second-order valence-electron chi connectivity index (χ2n) is 1.78.